The van der Waals surface area contributed by atoms with Gasteiger partial charge in [0.05, 0.1) is 0 Å². The Morgan fingerprint density at radius 3 is 2.64 bits per heavy atom. The second kappa shape index (κ2) is 4.10. The Morgan fingerprint density at radius 1 is 1.36 bits per heavy atom. The minimum atomic E-state index is 0.822. The molecule has 1 heteroatoms. The van der Waals surface area contributed by atoms with Crippen molar-refractivity contribution in [1.82, 2.24) is 4.90 Å². The van der Waals surface area contributed by atoms with Crippen molar-refractivity contribution in [3.8, 4) is 0 Å². The van der Waals surface area contributed by atoms with E-state index in [-0.39, 0.29) is 0 Å². The lowest BCUT2D eigenvalue weighted by atomic mass is 9.91. The summed E-state index contributed by atoms with van der Waals surface area (Å²) < 4.78 is 0. The Hall–Kier alpha value is -0.0400. The van der Waals surface area contributed by atoms with Crippen molar-refractivity contribution < 1.29 is 0 Å². The fourth-order valence-electron chi connectivity index (χ4n) is 2.02. The third-order valence-corrected chi connectivity index (χ3v) is 2.99. The zero-order valence-corrected chi connectivity index (χ0v) is 8.14. The minimum Gasteiger partial charge on any atom is -0.303 e. The first-order valence-corrected chi connectivity index (χ1v) is 4.94. The average Bonchev–Trinajstić information content (AvgIpc) is 1.98. The van der Waals surface area contributed by atoms with E-state index in [0.717, 1.165) is 12.0 Å². The first-order valence-electron chi connectivity index (χ1n) is 4.94. The molecule has 1 rings (SSSR count). The van der Waals surface area contributed by atoms with Gasteiger partial charge < -0.3 is 4.90 Å². The van der Waals surface area contributed by atoms with E-state index < -0.39 is 0 Å². The summed E-state index contributed by atoms with van der Waals surface area (Å²) in [5.74, 6) is 0.987. The molecule has 11 heavy (non-hydrogen) atoms. The van der Waals surface area contributed by atoms with E-state index in [2.05, 4.69) is 25.8 Å². The summed E-state index contributed by atoms with van der Waals surface area (Å²) in [5, 5.41) is 0. The number of hydrogen-bond donors (Lipinski definition) is 0. The maximum absolute atomic E-state index is 2.50. The van der Waals surface area contributed by atoms with Gasteiger partial charge in [0.2, 0.25) is 0 Å². The van der Waals surface area contributed by atoms with Crippen LogP contribution in [0, 0.1) is 5.92 Å². The Balaban J connectivity index is 2.28. The van der Waals surface area contributed by atoms with Crippen LogP contribution in [0.4, 0.5) is 0 Å². The third-order valence-electron chi connectivity index (χ3n) is 2.99. The topological polar surface area (TPSA) is 3.24 Å². The molecule has 0 radical (unpaired) electrons. The van der Waals surface area contributed by atoms with Crippen molar-refractivity contribution in [2.45, 2.75) is 45.6 Å². The van der Waals surface area contributed by atoms with Crippen molar-refractivity contribution in [2.75, 3.05) is 13.6 Å². The molecule has 1 saturated heterocycles. The highest BCUT2D eigenvalue weighted by molar-refractivity contribution is 4.75. The zero-order valence-electron chi connectivity index (χ0n) is 8.14. The second-order valence-electron chi connectivity index (χ2n) is 4.02. The van der Waals surface area contributed by atoms with E-state index in [1.165, 1.54) is 32.2 Å². The molecule has 0 aromatic carbocycles. The highest BCUT2D eigenvalue weighted by Gasteiger charge is 2.21. The van der Waals surface area contributed by atoms with Gasteiger partial charge in [-0.3, -0.25) is 0 Å². The molecule has 0 aromatic rings. The Bertz CT molecular complexity index is 111. The number of nitrogens with zero attached hydrogens (tertiary/aromatic N) is 1. The van der Waals surface area contributed by atoms with Crippen LogP contribution >= 0.6 is 0 Å². The average molecular weight is 155 g/mol. The lowest BCUT2D eigenvalue weighted by molar-refractivity contribution is 0.144. The summed E-state index contributed by atoms with van der Waals surface area (Å²) in [4.78, 5) is 2.50. The number of rotatable bonds is 2. The molecule has 2 unspecified atom stereocenters. The molecular formula is C10H21N. The highest BCUT2D eigenvalue weighted by atomic mass is 15.1. The van der Waals surface area contributed by atoms with Gasteiger partial charge >= 0.3 is 0 Å². The fraction of sp³-hybridized carbons (Fsp3) is 1.00. The number of likely N-dealkylation sites (tertiary alicyclic amines) is 1. The molecule has 66 valence electrons. The number of piperidine rings is 1. The Labute approximate surface area is 70.8 Å². The molecule has 0 amide bonds. The fourth-order valence-corrected chi connectivity index (χ4v) is 2.02. The first-order chi connectivity index (χ1) is 5.24. The van der Waals surface area contributed by atoms with Gasteiger partial charge in [-0.15, -0.1) is 0 Å². The molecular weight excluding hydrogens is 134 g/mol. The minimum absolute atomic E-state index is 0.822. The van der Waals surface area contributed by atoms with Gasteiger partial charge in [-0.2, -0.15) is 0 Å². The van der Waals surface area contributed by atoms with E-state index in [9.17, 15) is 0 Å². The van der Waals surface area contributed by atoms with Crippen LogP contribution in [0.5, 0.6) is 0 Å². The summed E-state index contributed by atoms with van der Waals surface area (Å²) in [6.07, 6.45) is 5.64. The first kappa shape index (κ1) is 9.05. The van der Waals surface area contributed by atoms with E-state index in [1.807, 2.05) is 0 Å². The predicted octanol–water partition coefficient (Wildman–Crippen LogP) is 2.52. The molecule has 1 heterocycles. The van der Waals surface area contributed by atoms with E-state index in [1.54, 1.807) is 0 Å². The van der Waals surface area contributed by atoms with Crippen molar-refractivity contribution in [2.24, 2.45) is 5.92 Å². The third kappa shape index (κ3) is 2.48. The summed E-state index contributed by atoms with van der Waals surface area (Å²) in [7, 11) is 2.26. The lowest BCUT2D eigenvalue weighted by Crippen LogP contribution is -2.38. The van der Waals surface area contributed by atoms with Crippen LogP contribution in [-0.4, -0.2) is 24.5 Å². The molecule has 0 aromatic heterocycles. The summed E-state index contributed by atoms with van der Waals surface area (Å²) in [5.41, 5.74) is 0. The lowest BCUT2D eigenvalue weighted by Gasteiger charge is -2.35. The summed E-state index contributed by atoms with van der Waals surface area (Å²) >= 11 is 0. The van der Waals surface area contributed by atoms with Gasteiger partial charge in [0.1, 0.15) is 0 Å². The quantitative estimate of drug-likeness (QED) is 0.592. The van der Waals surface area contributed by atoms with Crippen molar-refractivity contribution >= 4 is 0 Å². The normalized spacial score (nSPS) is 34.1. The van der Waals surface area contributed by atoms with Crippen LogP contribution in [0.25, 0.3) is 0 Å². The van der Waals surface area contributed by atoms with Crippen LogP contribution in [0.2, 0.25) is 0 Å². The number of hydrogen-bond acceptors (Lipinski definition) is 1. The van der Waals surface area contributed by atoms with E-state index in [4.69, 9.17) is 0 Å². The van der Waals surface area contributed by atoms with Crippen molar-refractivity contribution in [1.29, 1.82) is 0 Å². The molecule has 0 bridgehead atoms. The van der Waals surface area contributed by atoms with Crippen LogP contribution < -0.4 is 0 Å². The molecule has 0 aliphatic carbocycles. The second-order valence-corrected chi connectivity index (χ2v) is 4.02. The maximum atomic E-state index is 2.50. The molecule has 2 atom stereocenters. The van der Waals surface area contributed by atoms with Crippen LogP contribution in [0.3, 0.4) is 0 Å². The van der Waals surface area contributed by atoms with Crippen molar-refractivity contribution in [3.63, 3.8) is 0 Å². The van der Waals surface area contributed by atoms with Crippen LogP contribution in [0.1, 0.15) is 39.5 Å². The van der Waals surface area contributed by atoms with Gasteiger partial charge in [-0.05, 0) is 39.2 Å². The van der Waals surface area contributed by atoms with Crippen LogP contribution in [-0.2, 0) is 0 Å². The smallest absolute Gasteiger partial charge is 0.00641 e. The van der Waals surface area contributed by atoms with Crippen molar-refractivity contribution in [3.05, 3.63) is 0 Å². The molecule has 0 N–H and O–H groups in total. The van der Waals surface area contributed by atoms with Gasteiger partial charge in [0, 0.05) is 12.6 Å². The van der Waals surface area contributed by atoms with Crippen LogP contribution in [0.15, 0.2) is 0 Å². The predicted molar refractivity (Wildman–Crippen MR) is 49.7 cm³/mol. The molecule has 1 aliphatic heterocycles. The molecule has 1 nitrogen and oxygen atoms in total. The van der Waals surface area contributed by atoms with Gasteiger partial charge in [0.15, 0.2) is 0 Å². The maximum Gasteiger partial charge on any atom is 0.00641 e. The molecule has 0 saturated carbocycles. The van der Waals surface area contributed by atoms with E-state index in [0.29, 0.717) is 0 Å². The molecule has 1 fully saturated rings. The Morgan fingerprint density at radius 2 is 2.09 bits per heavy atom. The Kier molecular flexibility index (Phi) is 3.38. The molecule has 0 spiro atoms. The van der Waals surface area contributed by atoms with E-state index >= 15 is 0 Å². The monoisotopic (exact) mass is 155 g/mol. The highest BCUT2D eigenvalue weighted by Crippen LogP contribution is 2.23. The summed E-state index contributed by atoms with van der Waals surface area (Å²) in [6.45, 7) is 5.95. The standard InChI is InChI=1S/C10H21N/c1-4-5-10-7-6-9(2)11(3)8-10/h9-10H,4-8H2,1-3H3. The SMILES string of the molecule is CCCC1CCC(C)N(C)C1. The summed E-state index contributed by atoms with van der Waals surface area (Å²) in [6, 6.07) is 0.822. The molecule has 1 aliphatic rings. The zero-order chi connectivity index (χ0) is 8.27. The largest absolute Gasteiger partial charge is 0.303 e. The van der Waals surface area contributed by atoms with Gasteiger partial charge in [0.25, 0.3) is 0 Å². The van der Waals surface area contributed by atoms with Gasteiger partial charge in [-0.25, -0.2) is 0 Å². The van der Waals surface area contributed by atoms with Gasteiger partial charge in [-0.1, -0.05) is 13.3 Å².